The average molecular weight is 340 g/mol. The molecule has 1 N–H and O–H groups in total. The summed E-state index contributed by atoms with van der Waals surface area (Å²) in [4.78, 5) is 26.1. The number of likely N-dealkylation sites (tertiary alicyclic amines) is 1. The van der Waals surface area contributed by atoms with Gasteiger partial charge in [-0.1, -0.05) is 0 Å². The molecule has 1 aromatic carbocycles. The van der Waals surface area contributed by atoms with E-state index in [-0.39, 0.29) is 23.5 Å². The topological polar surface area (TPSA) is 58.6 Å². The van der Waals surface area contributed by atoms with Gasteiger partial charge < -0.3 is 10.1 Å². The molecule has 1 amide bonds. The third-order valence-electron chi connectivity index (χ3n) is 4.19. The van der Waals surface area contributed by atoms with Crippen LogP contribution in [0.3, 0.4) is 0 Å². The molecular weight excluding hydrogens is 318 g/mol. The lowest BCUT2D eigenvalue weighted by Gasteiger charge is -2.35. The van der Waals surface area contributed by atoms with E-state index in [1.54, 1.807) is 13.8 Å². The molecule has 2 rings (SSSR count). The van der Waals surface area contributed by atoms with Crippen molar-refractivity contribution in [1.29, 1.82) is 0 Å². The number of hydrogen-bond donors (Lipinski definition) is 1. The standard InChI is InChI=1S/C17H22F2N2O3/c1-3-24-17(23)12-5-4-8-21(10-12)11(2)16(22)20-13-6-7-14(18)15(19)9-13/h6-7,9,11-12H,3-5,8,10H2,1-2H3,(H,20,22)/t11-,12+/m1/s1. The molecule has 5 nitrogen and oxygen atoms in total. The maximum absolute atomic E-state index is 13.2. The molecule has 1 fully saturated rings. The Hall–Kier alpha value is -2.02. The molecular formula is C17H22F2N2O3. The van der Waals surface area contributed by atoms with Gasteiger partial charge in [0.2, 0.25) is 5.91 Å². The zero-order chi connectivity index (χ0) is 17.7. The van der Waals surface area contributed by atoms with Gasteiger partial charge >= 0.3 is 5.97 Å². The number of halogens is 2. The summed E-state index contributed by atoms with van der Waals surface area (Å²) < 4.78 is 31.2. The highest BCUT2D eigenvalue weighted by Gasteiger charge is 2.31. The summed E-state index contributed by atoms with van der Waals surface area (Å²) in [5, 5.41) is 2.57. The van der Waals surface area contributed by atoms with Crippen LogP contribution in [-0.4, -0.2) is 42.5 Å². The average Bonchev–Trinajstić information content (AvgIpc) is 2.57. The summed E-state index contributed by atoms with van der Waals surface area (Å²) in [7, 11) is 0. The van der Waals surface area contributed by atoms with Crippen LogP contribution in [0.2, 0.25) is 0 Å². The highest BCUT2D eigenvalue weighted by molar-refractivity contribution is 5.94. The fraction of sp³-hybridized carbons (Fsp3) is 0.529. The molecule has 1 aliphatic rings. The first-order valence-corrected chi connectivity index (χ1v) is 8.09. The summed E-state index contributed by atoms with van der Waals surface area (Å²) in [6, 6.07) is 2.72. The number of nitrogens with zero attached hydrogens (tertiary/aromatic N) is 1. The highest BCUT2D eigenvalue weighted by atomic mass is 19.2. The van der Waals surface area contributed by atoms with Gasteiger partial charge in [0.05, 0.1) is 18.6 Å². The fourth-order valence-corrected chi connectivity index (χ4v) is 2.80. The first-order chi connectivity index (χ1) is 11.4. The number of benzene rings is 1. The van der Waals surface area contributed by atoms with E-state index in [4.69, 9.17) is 4.74 Å². The molecule has 132 valence electrons. The smallest absolute Gasteiger partial charge is 0.310 e. The fourth-order valence-electron chi connectivity index (χ4n) is 2.80. The number of amides is 1. The van der Waals surface area contributed by atoms with Crippen LogP contribution >= 0.6 is 0 Å². The van der Waals surface area contributed by atoms with Crippen LogP contribution in [0.5, 0.6) is 0 Å². The molecule has 7 heteroatoms. The van der Waals surface area contributed by atoms with E-state index in [1.165, 1.54) is 6.07 Å². The minimum atomic E-state index is -1.01. The van der Waals surface area contributed by atoms with E-state index in [0.717, 1.165) is 25.0 Å². The zero-order valence-corrected chi connectivity index (χ0v) is 13.9. The highest BCUT2D eigenvalue weighted by Crippen LogP contribution is 2.21. The molecule has 0 spiro atoms. The van der Waals surface area contributed by atoms with Gasteiger partial charge in [0.25, 0.3) is 0 Å². The van der Waals surface area contributed by atoms with Crippen molar-refractivity contribution in [2.45, 2.75) is 32.7 Å². The molecule has 0 aromatic heterocycles. The predicted octanol–water partition coefficient (Wildman–Crippen LogP) is 2.57. The molecule has 1 aliphatic heterocycles. The molecule has 1 heterocycles. The van der Waals surface area contributed by atoms with Crippen LogP contribution in [0.1, 0.15) is 26.7 Å². The van der Waals surface area contributed by atoms with Crippen LogP contribution in [-0.2, 0) is 14.3 Å². The van der Waals surface area contributed by atoms with Crippen molar-refractivity contribution in [3.05, 3.63) is 29.8 Å². The Morgan fingerprint density at radius 1 is 1.38 bits per heavy atom. The normalized spacial score (nSPS) is 19.6. The van der Waals surface area contributed by atoms with Crippen molar-refractivity contribution < 1.29 is 23.1 Å². The molecule has 1 aromatic rings. The van der Waals surface area contributed by atoms with E-state index >= 15 is 0 Å². The van der Waals surface area contributed by atoms with Gasteiger partial charge in [-0.05, 0) is 45.4 Å². The van der Waals surface area contributed by atoms with Gasteiger partial charge in [-0.15, -0.1) is 0 Å². The number of nitrogens with one attached hydrogen (secondary N) is 1. The number of anilines is 1. The summed E-state index contributed by atoms with van der Waals surface area (Å²) >= 11 is 0. The molecule has 0 bridgehead atoms. The van der Waals surface area contributed by atoms with Crippen LogP contribution in [0.15, 0.2) is 18.2 Å². The van der Waals surface area contributed by atoms with Gasteiger partial charge in [0.1, 0.15) is 0 Å². The van der Waals surface area contributed by atoms with Crippen LogP contribution < -0.4 is 5.32 Å². The molecule has 0 saturated carbocycles. The Bertz CT molecular complexity index is 609. The zero-order valence-electron chi connectivity index (χ0n) is 13.9. The quantitative estimate of drug-likeness (QED) is 0.837. The van der Waals surface area contributed by atoms with Gasteiger partial charge in [0.15, 0.2) is 11.6 Å². The minimum Gasteiger partial charge on any atom is -0.466 e. The van der Waals surface area contributed by atoms with Crippen LogP contribution in [0.4, 0.5) is 14.5 Å². The number of carbonyl (C=O) groups excluding carboxylic acids is 2. The second-order valence-electron chi connectivity index (χ2n) is 5.88. The third-order valence-corrected chi connectivity index (χ3v) is 4.19. The molecule has 0 unspecified atom stereocenters. The number of ether oxygens (including phenoxy) is 1. The third kappa shape index (κ3) is 4.50. The summed E-state index contributed by atoms with van der Waals surface area (Å²) in [5.41, 5.74) is 0.199. The van der Waals surface area contributed by atoms with E-state index < -0.39 is 17.7 Å². The van der Waals surface area contributed by atoms with E-state index in [1.807, 2.05) is 4.90 Å². The maximum Gasteiger partial charge on any atom is 0.310 e. The van der Waals surface area contributed by atoms with Crippen molar-refractivity contribution in [1.82, 2.24) is 4.90 Å². The lowest BCUT2D eigenvalue weighted by atomic mass is 9.97. The first kappa shape index (κ1) is 18.3. The lowest BCUT2D eigenvalue weighted by Crippen LogP contribution is -2.48. The number of hydrogen-bond acceptors (Lipinski definition) is 4. The summed E-state index contributed by atoms with van der Waals surface area (Å²) in [5.74, 6) is -2.78. The number of carbonyl (C=O) groups is 2. The van der Waals surface area contributed by atoms with Crippen molar-refractivity contribution >= 4 is 17.6 Å². The molecule has 0 aliphatic carbocycles. The summed E-state index contributed by atoms with van der Waals surface area (Å²) in [6.45, 7) is 4.97. The largest absolute Gasteiger partial charge is 0.466 e. The second kappa shape index (κ2) is 8.19. The van der Waals surface area contributed by atoms with Crippen molar-refractivity contribution in [3.8, 4) is 0 Å². The number of piperidine rings is 1. The van der Waals surface area contributed by atoms with Crippen molar-refractivity contribution in [2.75, 3.05) is 25.0 Å². The second-order valence-corrected chi connectivity index (χ2v) is 5.88. The van der Waals surface area contributed by atoms with Gasteiger partial charge in [-0.25, -0.2) is 8.78 Å². The Morgan fingerprint density at radius 3 is 2.79 bits per heavy atom. The van der Waals surface area contributed by atoms with Gasteiger partial charge in [-0.2, -0.15) is 0 Å². The minimum absolute atomic E-state index is 0.199. The number of rotatable bonds is 5. The van der Waals surface area contributed by atoms with Crippen LogP contribution in [0, 0.1) is 17.6 Å². The van der Waals surface area contributed by atoms with E-state index in [2.05, 4.69) is 5.32 Å². The SMILES string of the molecule is CCOC(=O)[C@H]1CCCN([C@H](C)C(=O)Nc2ccc(F)c(F)c2)C1. The Balaban J connectivity index is 1.96. The molecule has 1 saturated heterocycles. The summed E-state index contributed by atoms with van der Waals surface area (Å²) in [6.07, 6.45) is 1.54. The van der Waals surface area contributed by atoms with E-state index in [0.29, 0.717) is 19.7 Å². The molecule has 0 radical (unpaired) electrons. The van der Waals surface area contributed by atoms with Crippen LogP contribution in [0.25, 0.3) is 0 Å². The Labute approximate surface area is 140 Å². The van der Waals surface area contributed by atoms with Gasteiger partial charge in [-0.3, -0.25) is 14.5 Å². The van der Waals surface area contributed by atoms with Crippen molar-refractivity contribution in [2.24, 2.45) is 5.92 Å². The lowest BCUT2D eigenvalue weighted by molar-refractivity contribution is -0.150. The Kier molecular flexibility index (Phi) is 6.25. The Morgan fingerprint density at radius 2 is 2.12 bits per heavy atom. The number of esters is 1. The maximum atomic E-state index is 13.2. The monoisotopic (exact) mass is 340 g/mol. The first-order valence-electron chi connectivity index (χ1n) is 8.09. The van der Waals surface area contributed by atoms with Gasteiger partial charge in [0, 0.05) is 18.3 Å². The predicted molar refractivity (Wildman–Crippen MR) is 85.4 cm³/mol. The molecule has 2 atom stereocenters. The van der Waals surface area contributed by atoms with Crippen molar-refractivity contribution in [3.63, 3.8) is 0 Å². The molecule has 24 heavy (non-hydrogen) atoms. The van der Waals surface area contributed by atoms with E-state index in [9.17, 15) is 18.4 Å².